The molecule has 0 aromatic heterocycles. The standard InChI is InChI=1S/C16H11Cl3N2O5/c1-8(15(22)20-13-7-10(17)3-5-11(13)18)26-16(23)9-2-4-12(19)14(6-9)21(24)25/h2-8H,1H3,(H,20,22). The molecule has 10 heteroatoms. The van der Waals surface area contributed by atoms with E-state index in [-0.39, 0.29) is 21.3 Å². The third-order valence-corrected chi connectivity index (χ3v) is 4.10. The molecule has 0 aliphatic carbocycles. The van der Waals surface area contributed by atoms with Gasteiger partial charge in [0, 0.05) is 11.1 Å². The Morgan fingerprint density at radius 2 is 1.77 bits per heavy atom. The molecule has 0 heterocycles. The fourth-order valence-electron chi connectivity index (χ4n) is 1.89. The molecule has 2 aromatic carbocycles. The summed E-state index contributed by atoms with van der Waals surface area (Å²) in [6, 6.07) is 7.93. The highest BCUT2D eigenvalue weighted by atomic mass is 35.5. The van der Waals surface area contributed by atoms with E-state index in [1.165, 1.54) is 31.2 Å². The average molecular weight is 418 g/mol. The lowest BCUT2D eigenvalue weighted by molar-refractivity contribution is -0.384. The van der Waals surface area contributed by atoms with Gasteiger partial charge < -0.3 is 10.1 Å². The van der Waals surface area contributed by atoms with Crippen molar-refractivity contribution in [2.75, 3.05) is 5.32 Å². The normalized spacial score (nSPS) is 11.5. The molecule has 0 spiro atoms. The zero-order valence-corrected chi connectivity index (χ0v) is 15.4. The van der Waals surface area contributed by atoms with E-state index in [0.717, 1.165) is 6.07 Å². The molecule has 136 valence electrons. The summed E-state index contributed by atoms with van der Waals surface area (Å²) in [5.41, 5.74) is -0.292. The zero-order valence-electron chi connectivity index (χ0n) is 13.2. The molecule has 0 fully saturated rings. The number of hydrogen-bond acceptors (Lipinski definition) is 5. The van der Waals surface area contributed by atoms with Crippen molar-refractivity contribution in [2.24, 2.45) is 0 Å². The van der Waals surface area contributed by atoms with Gasteiger partial charge in [0.25, 0.3) is 11.6 Å². The van der Waals surface area contributed by atoms with Crippen molar-refractivity contribution in [3.05, 3.63) is 67.1 Å². The lowest BCUT2D eigenvalue weighted by atomic mass is 10.2. The fourth-order valence-corrected chi connectivity index (χ4v) is 2.41. The minimum absolute atomic E-state index is 0.110. The number of ether oxygens (including phenoxy) is 1. The monoisotopic (exact) mass is 416 g/mol. The number of nitrogens with zero attached hydrogens (tertiary/aromatic N) is 1. The van der Waals surface area contributed by atoms with Crippen LogP contribution < -0.4 is 5.32 Å². The van der Waals surface area contributed by atoms with E-state index >= 15 is 0 Å². The van der Waals surface area contributed by atoms with Gasteiger partial charge in [0.05, 0.1) is 21.2 Å². The van der Waals surface area contributed by atoms with Crippen LogP contribution in [-0.4, -0.2) is 22.9 Å². The highest BCUT2D eigenvalue weighted by Crippen LogP contribution is 2.27. The quantitative estimate of drug-likeness (QED) is 0.430. The second-order valence-corrected chi connectivity index (χ2v) is 6.34. The number of esters is 1. The van der Waals surface area contributed by atoms with E-state index < -0.39 is 28.6 Å². The summed E-state index contributed by atoms with van der Waals surface area (Å²) in [6.07, 6.45) is -1.19. The molecule has 1 N–H and O–H groups in total. The van der Waals surface area contributed by atoms with Gasteiger partial charge in [-0.2, -0.15) is 0 Å². The first-order chi connectivity index (χ1) is 12.2. The van der Waals surface area contributed by atoms with Crippen LogP contribution in [0.15, 0.2) is 36.4 Å². The third kappa shape index (κ3) is 4.85. The molecular weight excluding hydrogens is 407 g/mol. The fraction of sp³-hybridized carbons (Fsp3) is 0.125. The molecule has 1 amide bonds. The molecule has 0 radical (unpaired) electrons. The minimum atomic E-state index is -1.19. The van der Waals surface area contributed by atoms with E-state index in [0.29, 0.717) is 5.02 Å². The summed E-state index contributed by atoms with van der Waals surface area (Å²) >= 11 is 17.5. The van der Waals surface area contributed by atoms with Crippen molar-refractivity contribution in [3.63, 3.8) is 0 Å². The molecule has 0 saturated heterocycles. The number of nitro benzene ring substituents is 1. The van der Waals surface area contributed by atoms with Gasteiger partial charge in [-0.3, -0.25) is 14.9 Å². The van der Waals surface area contributed by atoms with Gasteiger partial charge in [0.1, 0.15) is 5.02 Å². The number of carbonyl (C=O) groups is 2. The Kier molecular flexibility index (Phi) is 6.42. The summed E-state index contributed by atoms with van der Waals surface area (Å²) in [4.78, 5) is 34.4. The first-order valence-corrected chi connectivity index (χ1v) is 8.23. The first-order valence-electron chi connectivity index (χ1n) is 7.10. The molecular formula is C16H11Cl3N2O5. The van der Waals surface area contributed by atoms with Gasteiger partial charge in [-0.1, -0.05) is 34.8 Å². The van der Waals surface area contributed by atoms with Crippen molar-refractivity contribution >= 4 is 58.1 Å². The van der Waals surface area contributed by atoms with Crippen LogP contribution in [0.4, 0.5) is 11.4 Å². The smallest absolute Gasteiger partial charge is 0.339 e. The second-order valence-electron chi connectivity index (χ2n) is 5.08. The van der Waals surface area contributed by atoms with Gasteiger partial charge in [0.2, 0.25) is 0 Å². The van der Waals surface area contributed by atoms with Crippen LogP contribution in [0.25, 0.3) is 0 Å². The van der Waals surface area contributed by atoms with E-state index in [2.05, 4.69) is 5.32 Å². The summed E-state index contributed by atoms with van der Waals surface area (Å²) in [6.45, 7) is 1.34. The SMILES string of the molecule is CC(OC(=O)c1ccc(Cl)c([N+](=O)[O-])c1)C(=O)Nc1cc(Cl)ccc1Cl. The molecule has 0 aliphatic heterocycles. The van der Waals surface area contributed by atoms with Gasteiger partial charge in [0.15, 0.2) is 6.10 Å². The van der Waals surface area contributed by atoms with Crippen LogP contribution >= 0.6 is 34.8 Å². The first kappa shape index (κ1) is 20.0. The lowest BCUT2D eigenvalue weighted by Gasteiger charge is -2.14. The zero-order chi connectivity index (χ0) is 19.4. The summed E-state index contributed by atoms with van der Waals surface area (Å²) in [7, 11) is 0. The van der Waals surface area contributed by atoms with Gasteiger partial charge in [-0.05, 0) is 37.3 Å². The van der Waals surface area contributed by atoms with Crippen molar-refractivity contribution < 1.29 is 19.2 Å². The van der Waals surface area contributed by atoms with E-state index in [4.69, 9.17) is 39.5 Å². The number of benzene rings is 2. The van der Waals surface area contributed by atoms with E-state index in [9.17, 15) is 19.7 Å². The number of halogens is 3. The molecule has 7 nitrogen and oxygen atoms in total. The molecule has 0 aliphatic rings. The van der Waals surface area contributed by atoms with Crippen molar-refractivity contribution in [1.82, 2.24) is 0 Å². The van der Waals surface area contributed by atoms with Crippen LogP contribution in [0.5, 0.6) is 0 Å². The van der Waals surface area contributed by atoms with Crippen molar-refractivity contribution in [1.29, 1.82) is 0 Å². The summed E-state index contributed by atoms with van der Waals surface area (Å²) in [5, 5.41) is 13.9. The van der Waals surface area contributed by atoms with Gasteiger partial charge in [-0.25, -0.2) is 4.79 Å². The number of rotatable bonds is 5. The van der Waals surface area contributed by atoms with Crippen LogP contribution in [0, 0.1) is 10.1 Å². The van der Waals surface area contributed by atoms with Gasteiger partial charge >= 0.3 is 5.97 Å². The molecule has 1 unspecified atom stereocenters. The predicted octanol–water partition coefficient (Wildman–Crippen LogP) is 4.74. The maximum absolute atomic E-state index is 12.2. The van der Waals surface area contributed by atoms with Crippen LogP contribution in [0.2, 0.25) is 15.1 Å². The molecule has 26 heavy (non-hydrogen) atoms. The Balaban J connectivity index is 2.09. The van der Waals surface area contributed by atoms with Crippen LogP contribution in [-0.2, 0) is 9.53 Å². The van der Waals surface area contributed by atoms with Crippen molar-refractivity contribution in [3.8, 4) is 0 Å². The maximum atomic E-state index is 12.2. The maximum Gasteiger partial charge on any atom is 0.339 e. The number of nitrogens with one attached hydrogen (secondary N) is 1. The topological polar surface area (TPSA) is 98.5 Å². The minimum Gasteiger partial charge on any atom is -0.449 e. The third-order valence-electron chi connectivity index (χ3n) is 3.22. The van der Waals surface area contributed by atoms with Crippen molar-refractivity contribution in [2.45, 2.75) is 13.0 Å². The Morgan fingerprint density at radius 1 is 1.12 bits per heavy atom. The largest absolute Gasteiger partial charge is 0.449 e. The number of carbonyl (C=O) groups excluding carboxylic acids is 2. The highest BCUT2D eigenvalue weighted by Gasteiger charge is 2.22. The number of hydrogen-bond donors (Lipinski definition) is 1. The number of amides is 1. The molecule has 0 saturated carbocycles. The highest BCUT2D eigenvalue weighted by molar-refractivity contribution is 6.35. The molecule has 1 atom stereocenters. The number of anilines is 1. The van der Waals surface area contributed by atoms with Crippen LogP contribution in [0.3, 0.4) is 0 Å². The molecule has 2 aromatic rings. The summed E-state index contributed by atoms with van der Waals surface area (Å²) in [5.74, 6) is -1.56. The average Bonchev–Trinajstić information content (AvgIpc) is 2.58. The van der Waals surface area contributed by atoms with E-state index in [1.807, 2.05) is 0 Å². The second kappa shape index (κ2) is 8.35. The number of nitro groups is 1. The summed E-state index contributed by atoms with van der Waals surface area (Å²) < 4.78 is 5.02. The van der Waals surface area contributed by atoms with Crippen LogP contribution in [0.1, 0.15) is 17.3 Å². The molecule has 2 rings (SSSR count). The van der Waals surface area contributed by atoms with Gasteiger partial charge in [-0.15, -0.1) is 0 Å². The predicted molar refractivity (Wildman–Crippen MR) is 98.1 cm³/mol. The van der Waals surface area contributed by atoms with E-state index in [1.54, 1.807) is 6.07 Å². The Bertz CT molecular complexity index is 888. The molecule has 0 bridgehead atoms. The Morgan fingerprint density at radius 3 is 2.42 bits per heavy atom. The lowest BCUT2D eigenvalue weighted by Crippen LogP contribution is -2.30. The Hall–Kier alpha value is -2.35. The Labute approximate surface area is 162 Å².